The maximum atomic E-state index is 12.5. The number of carbonyl (C=O) groups is 1. The fourth-order valence-electron chi connectivity index (χ4n) is 3.35. The summed E-state index contributed by atoms with van der Waals surface area (Å²) in [7, 11) is -3.18. The second-order valence-electron chi connectivity index (χ2n) is 6.80. The second-order valence-corrected chi connectivity index (χ2v) is 8.79. The van der Waals surface area contributed by atoms with Gasteiger partial charge < -0.3 is 10.0 Å². The summed E-state index contributed by atoms with van der Waals surface area (Å²) in [6.07, 6.45) is 4.20. The van der Waals surface area contributed by atoms with Crippen LogP contribution in [-0.2, 0) is 14.8 Å². The van der Waals surface area contributed by atoms with E-state index in [4.69, 9.17) is 0 Å². The zero-order valence-corrected chi connectivity index (χ0v) is 15.8. The topological polar surface area (TPSA) is 81.2 Å². The first-order chi connectivity index (χ1) is 12.3. The lowest BCUT2D eigenvalue weighted by atomic mass is 9.99. The molecule has 1 aromatic carbocycles. The fourth-order valence-corrected chi connectivity index (χ4v) is 4.18. The Bertz CT molecular complexity index is 781. The van der Waals surface area contributed by atoms with Crippen LogP contribution in [0.5, 0.6) is 5.75 Å². The zero-order valence-electron chi connectivity index (χ0n) is 15.0. The molecule has 26 heavy (non-hydrogen) atoms. The van der Waals surface area contributed by atoms with Crippen LogP contribution in [-0.4, -0.2) is 85.6 Å². The third-order valence-electron chi connectivity index (χ3n) is 4.95. The Hall–Kier alpha value is -1.90. The van der Waals surface area contributed by atoms with Gasteiger partial charge in [-0.3, -0.25) is 9.69 Å². The molecule has 0 aromatic heterocycles. The average molecular weight is 379 g/mol. The van der Waals surface area contributed by atoms with E-state index in [2.05, 4.69) is 11.0 Å². The van der Waals surface area contributed by atoms with Crippen molar-refractivity contribution in [2.45, 2.75) is 6.42 Å². The second kappa shape index (κ2) is 7.77. The summed E-state index contributed by atoms with van der Waals surface area (Å²) in [6, 6.07) is 7.18. The Morgan fingerprint density at radius 3 is 2.27 bits per heavy atom. The molecule has 7 nitrogen and oxygen atoms in total. The number of amides is 1. The molecular formula is C18H25N3O4S. The van der Waals surface area contributed by atoms with Gasteiger partial charge in [0.05, 0.1) is 12.8 Å². The van der Waals surface area contributed by atoms with E-state index in [0.717, 1.165) is 18.5 Å². The molecule has 0 bridgehead atoms. The molecule has 2 heterocycles. The van der Waals surface area contributed by atoms with Crippen molar-refractivity contribution in [2.75, 3.05) is 52.1 Å². The number of hydrogen-bond donors (Lipinski definition) is 1. The standard InChI is InChI=1S/C18H25N3O4S/c1-26(24,25)21-12-10-20(11-13-21)18(23)14-19-8-6-16(7-9-19)15-2-4-17(22)5-3-15/h2-6,22H,7-14H2,1H3. The van der Waals surface area contributed by atoms with Crippen LogP contribution in [0.15, 0.2) is 30.3 Å². The van der Waals surface area contributed by atoms with Gasteiger partial charge in [0.2, 0.25) is 15.9 Å². The first-order valence-electron chi connectivity index (χ1n) is 8.76. The molecule has 0 aliphatic carbocycles. The van der Waals surface area contributed by atoms with E-state index >= 15 is 0 Å². The van der Waals surface area contributed by atoms with Crippen LogP contribution in [0.2, 0.25) is 0 Å². The van der Waals surface area contributed by atoms with Gasteiger partial charge >= 0.3 is 0 Å². The lowest BCUT2D eigenvalue weighted by molar-refractivity contribution is -0.133. The van der Waals surface area contributed by atoms with E-state index < -0.39 is 10.0 Å². The Morgan fingerprint density at radius 1 is 1.08 bits per heavy atom. The van der Waals surface area contributed by atoms with Crippen LogP contribution in [0.3, 0.4) is 0 Å². The average Bonchev–Trinajstić information content (AvgIpc) is 2.62. The van der Waals surface area contributed by atoms with E-state index in [-0.39, 0.29) is 11.7 Å². The molecule has 0 radical (unpaired) electrons. The zero-order chi connectivity index (χ0) is 18.7. The summed E-state index contributed by atoms with van der Waals surface area (Å²) in [5.74, 6) is 0.313. The number of piperazine rings is 1. The highest BCUT2D eigenvalue weighted by Crippen LogP contribution is 2.24. The molecule has 0 spiro atoms. The van der Waals surface area contributed by atoms with E-state index in [9.17, 15) is 18.3 Å². The molecule has 1 amide bonds. The molecular weight excluding hydrogens is 354 g/mol. The Balaban J connectivity index is 1.50. The van der Waals surface area contributed by atoms with Crippen LogP contribution in [0, 0.1) is 0 Å². The monoisotopic (exact) mass is 379 g/mol. The predicted octanol–water partition coefficient (Wildman–Crippen LogP) is 0.585. The summed E-state index contributed by atoms with van der Waals surface area (Å²) in [4.78, 5) is 16.3. The van der Waals surface area contributed by atoms with Crippen molar-refractivity contribution in [3.63, 3.8) is 0 Å². The highest BCUT2D eigenvalue weighted by molar-refractivity contribution is 7.88. The Kier molecular flexibility index (Phi) is 5.64. The number of phenolic OH excluding ortho intramolecular Hbond substituents is 1. The molecule has 1 aromatic rings. The summed E-state index contributed by atoms with van der Waals surface area (Å²) in [5.41, 5.74) is 2.33. The smallest absolute Gasteiger partial charge is 0.236 e. The minimum absolute atomic E-state index is 0.0552. The quantitative estimate of drug-likeness (QED) is 0.828. The third kappa shape index (κ3) is 4.63. The van der Waals surface area contributed by atoms with Gasteiger partial charge in [-0.15, -0.1) is 0 Å². The first kappa shape index (κ1) is 18.9. The van der Waals surface area contributed by atoms with Crippen molar-refractivity contribution in [1.29, 1.82) is 0 Å². The number of aromatic hydroxyl groups is 1. The number of carbonyl (C=O) groups excluding carboxylic acids is 1. The molecule has 2 aliphatic rings. The molecule has 8 heteroatoms. The molecule has 2 aliphatic heterocycles. The van der Waals surface area contributed by atoms with E-state index in [0.29, 0.717) is 39.3 Å². The number of nitrogens with zero attached hydrogens (tertiary/aromatic N) is 3. The molecule has 1 N–H and O–H groups in total. The molecule has 0 atom stereocenters. The SMILES string of the molecule is CS(=O)(=O)N1CCN(C(=O)CN2CC=C(c3ccc(O)cc3)CC2)CC1. The molecule has 0 saturated carbocycles. The summed E-state index contributed by atoms with van der Waals surface area (Å²) >= 11 is 0. The van der Waals surface area contributed by atoms with Gasteiger partial charge in [-0.1, -0.05) is 18.2 Å². The minimum Gasteiger partial charge on any atom is -0.508 e. The van der Waals surface area contributed by atoms with Crippen LogP contribution in [0.25, 0.3) is 5.57 Å². The van der Waals surface area contributed by atoms with Crippen molar-refractivity contribution in [3.05, 3.63) is 35.9 Å². The largest absolute Gasteiger partial charge is 0.508 e. The first-order valence-corrected chi connectivity index (χ1v) is 10.6. The van der Waals surface area contributed by atoms with Crippen LogP contribution < -0.4 is 0 Å². The molecule has 1 saturated heterocycles. The van der Waals surface area contributed by atoms with Crippen LogP contribution in [0.1, 0.15) is 12.0 Å². The van der Waals surface area contributed by atoms with E-state index in [1.54, 1.807) is 17.0 Å². The number of hydrogen-bond acceptors (Lipinski definition) is 5. The number of phenols is 1. The maximum Gasteiger partial charge on any atom is 0.236 e. The van der Waals surface area contributed by atoms with Crippen molar-refractivity contribution < 1.29 is 18.3 Å². The van der Waals surface area contributed by atoms with Gasteiger partial charge in [0, 0.05) is 39.3 Å². The summed E-state index contributed by atoms with van der Waals surface area (Å²) < 4.78 is 24.5. The number of sulfonamides is 1. The van der Waals surface area contributed by atoms with Gasteiger partial charge in [0.25, 0.3) is 0 Å². The van der Waals surface area contributed by atoms with Gasteiger partial charge in [0.15, 0.2) is 0 Å². The molecule has 3 rings (SSSR count). The minimum atomic E-state index is -3.18. The Morgan fingerprint density at radius 2 is 1.73 bits per heavy atom. The predicted molar refractivity (Wildman–Crippen MR) is 100 cm³/mol. The van der Waals surface area contributed by atoms with Gasteiger partial charge in [0.1, 0.15) is 5.75 Å². The maximum absolute atomic E-state index is 12.5. The lowest BCUT2D eigenvalue weighted by Gasteiger charge is -2.35. The molecule has 142 valence electrons. The summed E-state index contributed by atoms with van der Waals surface area (Å²) in [6.45, 7) is 3.53. The van der Waals surface area contributed by atoms with Crippen molar-refractivity contribution in [2.24, 2.45) is 0 Å². The molecule has 0 unspecified atom stereocenters. The van der Waals surface area contributed by atoms with Crippen molar-refractivity contribution in [3.8, 4) is 5.75 Å². The summed E-state index contributed by atoms with van der Waals surface area (Å²) in [5, 5.41) is 9.37. The Labute approximate surface area is 154 Å². The van der Waals surface area contributed by atoms with Gasteiger partial charge in [-0.05, 0) is 29.7 Å². The van der Waals surface area contributed by atoms with Crippen molar-refractivity contribution >= 4 is 21.5 Å². The van der Waals surface area contributed by atoms with Gasteiger partial charge in [-0.2, -0.15) is 4.31 Å². The number of benzene rings is 1. The van der Waals surface area contributed by atoms with Crippen LogP contribution in [0.4, 0.5) is 0 Å². The third-order valence-corrected chi connectivity index (χ3v) is 6.25. The van der Waals surface area contributed by atoms with E-state index in [1.807, 2.05) is 12.1 Å². The highest BCUT2D eigenvalue weighted by Gasteiger charge is 2.27. The van der Waals surface area contributed by atoms with Gasteiger partial charge in [-0.25, -0.2) is 8.42 Å². The molecule has 1 fully saturated rings. The lowest BCUT2D eigenvalue weighted by Crippen LogP contribution is -2.52. The fraction of sp³-hybridized carbons (Fsp3) is 0.500. The highest BCUT2D eigenvalue weighted by atomic mass is 32.2. The number of rotatable bonds is 4. The normalized spacial score (nSPS) is 20.0. The van der Waals surface area contributed by atoms with Crippen molar-refractivity contribution in [1.82, 2.24) is 14.1 Å². The van der Waals surface area contributed by atoms with E-state index in [1.165, 1.54) is 16.1 Å². The van der Waals surface area contributed by atoms with Crippen LogP contribution >= 0.6 is 0 Å².